The molecule has 1 aromatic carbocycles. The fraction of sp³-hybridized carbons (Fsp3) is 0.267. The maximum Gasteiger partial charge on any atom is 0.211 e. The average Bonchev–Trinajstić information content (AvgIpc) is 2.57. The molecular weight excluding hydrogens is 343 g/mol. The molecule has 130 valence electrons. The van der Waals surface area contributed by atoms with Crippen LogP contribution in [0.4, 0.5) is 15.8 Å². The molecule has 1 aromatic heterocycles. The second-order valence-electron chi connectivity index (χ2n) is 4.47. The topological polar surface area (TPSA) is 82.1 Å². The lowest BCUT2D eigenvalue weighted by molar-refractivity contribution is 0.299. The van der Waals surface area contributed by atoms with Crippen molar-refractivity contribution in [2.75, 3.05) is 33.8 Å². The van der Waals surface area contributed by atoms with Crippen molar-refractivity contribution in [2.24, 2.45) is 0 Å². The molecular formula is C15H16ClFN2O5. The first-order valence-electron chi connectivity index (χ1n) is 6.65. The summed E-state index contributed by atoms with van der Waals surface area (Å²) in [6.45, 7) is 0. The summed E-state index contributed by atoms with van der Waals surface area (Å²) in [5.41, 5.74) is 0.148. The van der Waals surface area contributed by atoms with Gasteiger partial charge in [-0.1, -0.05) is 11.6 Å². The first kappa shape index (κ1) is 17.7. The molecule has 2 aromatic rings. The monoisotopic (exact) mass is 358 g/mol. The van der Waals surface area contributed by atoms with Crippen LogP contribution in [-0.2, 0) is 0 Å². The van der Waals surface area contributed by atoms with E-state index < -0.39 is 5.82 Å². The number of anilines is 2. The van der Waals surface area contributed by atoms with Gasteiger partial charge in [0.1, 0.15) is 10.8 Å². The van der Waals surface area contributed by atoms with Gasteiger partial charge in [0.05, 0.1) is 40.3 Å². The van der Waals surface area contributed by atoms with Gasteiger partial charge < -0.3 is 29.4 Å². The number of nitrogens with zero attached hydrogens (tertiary/aromatic N) is 1. The van der Waals surface area contributed by atoms with Gasteiger partial charge in [-0.2, -0.15) is 0 Å². The summed E-state index contributed by atoms with van der Waals surface area (Å²) in [5, 5.41) is 13.2. The summed E-state index contributed by atoms with van der Waals surface area (Å²) in [7, 11) is 5.45. The first-order valence-corrected chi connectivity index (χ1v) is 7.03. The Morgan fingerprint density at radius 3 is 2.12 bits per heavy atom. The molecule has 0 unspecified atom stereocenters. The summed E-state index contributed by atoms with van der Waals surface area (Å²) in [6.07, 6.45) is 0.963. The predicted octanol–water partition coefficient (Wildman–Crippen LogP) is 3.36. The van der Waals surface area contributed by atoms with E-state index in [9.17, 15) is 9.50 Å². The van der Waals surface area contributed by atoms with E-state index in [2.05, 4.69) is 10.3 Å². The zero-order valence-corrected chi connectivity index (χ0v) is 14.2. The van der Waals surface area contributed by atoms with E-state index in [1.54, 1.807) is 0 Å². The Balaban J connectivity index is 2.71. The molecule has 9 heteroatoms. The first-order chi connectivity index (χ1) is 11.5. The number of ether oxygens (including phenoxy) is 4. The van der Waals surface area contributed by atoms with Gasteiger partial charge in [-0.3, -0.25) is 0 Å². The molecule has 1 heterocycles. The van der Waals surface area contributed by atoms with E-state index in [1.807, 2.05) is 0 Å². The minimum absolute atomic E-state index is 0.0122. The largest absolute Gasteiger partial charge is 0.502 e. The molecule has 0 aliphatic carbocycles. The molecule has 0 spiro atoms. The number of aromatic nitrogens is 1. The van der Waals surface area contributed by atoms with E-state index in [4.69, 9.17) is 30.5 Å². The lowest BCUT2D eigenvalue weighted by Gasteiger charge is -2.21. The van der Waals surface area contributed by atoms with Crippen LogP contribution in [0.5, 0.6) is 28.7 Å². The fourth-order valence-corrected chi connectivity index (χ4v) is 2.33. The Morgan fingerprint density at radius 1 is 1.00 bits per heavy atom. The van der Waals surface area contributed by atoms with Crippen molar-refractivity contribution in [2.45, 2.75) is 0 Å². The number of nitrogens with one attached hydrogen (secondary N) is 1. The number of phenolic OH excluding ortho intramolecular Hbond substituents is 1. The van der Waals surface area contributed by atoms with E-state index in [-0.39, 0.29) is 45.3 Å². The Kier molecular flexibility index (Phi) is 5.40. The average molecular weight is 359 g/mol. The van der Waals surface area contributed by atoms with Gasteiger partial charge in [-0.25, -0.2) is 9.37 Å². The third-order valence-corrected chi connectivity index (χ3v) is 3.40. The number of hydrogen-bond donors (Lipinski definition) is 2. The molecule has 7 nitrogen and oxygen atoms in total. The van der Waals surface area contributed by atoms with E-state index >= 15 is 0 Å². The van der Waals surface area contributed by atoms with Crippen molar-refractivity contribution in [3.8, 4) is 28.7 Å². The number of pyridine rings is 1. The van der Waals surface area contributed by atoms with Crippen LogP contribution in [0, 0.1) is 5.82 Å². The van der Waals surface area contributed by atoms with Crippen LogP contribution in [0.15, 0.2) is 12.3 Å². The van der Waals surface area contributed by atoms with Crippen LogP contribution in [0.1, 0.15) is 0 Å². The molecule has 0 aliphatic heterocycles. The highest BCUT2D eigenvalue weighted by Crippen LogP contribution is 2.56. The number of aromatic hydroxyl groups is 1. The molecule has 0 saturated carbocycles. The highest BCUT2D eigenvalue weighted by Gasteiger charge is 2.28. The van der Waals surface area contributed by atoms with Crippen LogP contribution < -0.4 is 24.3 Å². The molecule has 2 N–H and O–H groups in total. The van der Waals surface area contributed by atoms with Crippen molar-refractivity contribution in [1.82, 2.24) is 4.98 Å². The van der Waals surface area contributed by atoms with Crippen molar-refractivity contribution >= 4 is 23.0 Å². The van der Waals surface area contributed by atoms with Gasteiger partial charge in [0.25, 0.3) is 0 Å². The van der Waals surface area contributed by atoms with Gasteiger partial charge in [0.2, 0.25) is 17.2 Å². The molecule has 0 bridgehead atoms. The van der Waals surface area contributed by atoms with Gasteiger partial charge in [-0.15, -0.1) is 0 Å². The number of rotatable bonds is 6. The zero-order chi connectivity index (χ0) is 17.9. The highest BCUT2D eigenvalue weighted by atomic mass is 35.5. The van der Waals surface area contributed by atoms with E-state index in [1.165, 1.54) is 34.5 Å². The lowest BCUT2D eigenvalue weighted by Crippen LogP contribution is -2.04. The smallest absolute Gasteiger partial charge is 0.211 e. The lowest BCUT2D eigenvalue weighted by atomic mass is 10.2. The Hall–Kier alpha value is -2.61. The highest BCUT2D eigenvalue weighted by molar-refractivity contribution is 6.29. The van der Waals surface area contributed by atoms with Crippen molar-refractivity contribution < 1.29 is 28.4 Å². The summed E-state index contributed by atoms with van der Waals surface area (Å²) in [5.74, 6) is -0.724. The summed E-state index contributed by atoms with van der Waals surface area (Å²) in [4.78, 5) is 3.64. The molecule has 24 heavy (non-hydrogen) atoms. The Labute approximate surface area is 142 Å². The third kappa shape index (κ3) is 3.05. The predicted molar refractivity (Wildman–Crippen MR) is 86.8 cm³/mol. The van der Waals surface area contributed by atoms with Crippen LogP contribution >= 0.6 is 11.6 Å². The summed E-state index contributed by atoms with van der Waals surface area (Å²) >= 11 is 5.79. The van der Waals surface area contributed by atoms with Gasteiger partial charge in [-0.05, 0) is 0 Å². The zero-order valence-electron chi connectivity index (χ0n) is 13.4. The molecule has 2 rings (SSSR count). The normalized spacial score (nSPS) is 10.2. The maximum absolute atomic E-state index is 14.0. The second-order valence-corrected chi connectivity index (χ2v) is 4.86. The maximum atomic E-state index is 14.0. The Bertz CT molecular complexity index is 757. The molecule has 0 aliphatic rings. The molecule has 0 saturated heterocycles. The Morgan fingerprint density at radius 2 is 1.58 bits per heavy atom. The second kappa shape index (κ2) is 7.31. The summed E-state index contributed by atoms with van der Waals surface area (Å²) in [6, 6.07) is 1.28. The standard InChI is InChI=1S/C15H16ClFN2O5/c1-21-12-10(19-8-5-9(16)18-6-7(8)17)13(22-2)15(24-4)14(23-3)11(12)20/h5-6,20H,1-4H3,(H,18,19). The van der Waals surface area contributed by atoms with Crippen LogP contribution in [-0.4, -0.2) is 38.5 Å². The third-order valence-electron chi connectivity index (χ3n) is 3.19. The SMILES string of the molecule is COc1c(O)c(OC)c(OC)c(OC)c1Nc1cc(Cl)ncc1F. The van der Waals surface area contributed by atoms with Crippen molar-refractivity contribution in [3.05, 3.63) is 23.2 Å². The number of benzene rings is 1. The molecule has 0 fully saturated rings. The fourth-order valence-electron chi connectivity index (χ4n) is 2.17. The van der Waals surface area contributed by atoms with Crippen molar-refractivity contribution in [3.63, 3.8) is 0 Å². The number of methoxy groups -OCH3 is 4. The summed E-state index contributed by atoms with van der Waals surface area (Å²) < 4.78 is 34.9. The van der Waals surface area contributed by atoms with Gasteiger partial charge in [0, 0.05) is 6.07 Å². The van der Waals surface area contributed by atoms with Gasteiger partial charge >= 0.3 is 0 Å². The molecule has 0 amide bonds. The van der Waals surface area contributed by atoms with Gasteiger partial charge in [0.15, 0.2) is 17.3 Å². The molecule has 0 radical (unpaired) electrons. The number of hydrogen-bond acceptors (Lipinski definition) is 7. The minimum atomic E-state index is -0.655. The van der Waals surface area contributed by atoms with E-state index in [0.717, 1.165) is 6.20 Å². The van der Waals surface area contributed by atoms with Crippen LogP contribution in [0.2, 0.25) is 5.15 Å². The van der Waals surface area contributed by atoms with Crippen LogP contribution in [0.3, 0.4) is 0 Å². The molecule has 0 atom stereocenters. The minimum Gasteiger partial charge on any atom is -0.502 e. The number of phenols is 1. The quantitative estimate of drug-likeness (QED) is 0.766. The number of halogens is 2. The van der Waals surface area contributed by atoms with Crippen molar-refractivity contribution in [1.29, 1.82) is 0 Å². The van der Waals surface area contributed by atoms with E-state index in [0.29, 0.717) is 0 Å². The van der Waals surface area contributed by atoms with Crippen LogP contribution in [0.25, 0.3) is 0 Å².